The van der Waals surface area contributed by atoms with Crippen molar-refractivity contribution in [1.29, 1.82) is 0 Å². The number of benzene rings is 2. The highest BCUT2D eigenvalue weighted by Gasteiger charge is 2.16. The van der Waals surface area contributed by atoms with Gasteiger partial charge in [0.1, 0.15) is 10.6 Å². The van der Waals surface area contributed by atoms with Gasteiger partial charge in [0.15, 0.2) is 0 Å². The predicted molar refractivity (Wildman–Crippen MR) is 80.8 cm³/mol. The Kier molecular flexibility index (Phi) is 4.32. The zero-order valence-corrected chi connectivity index (χ0v) is 13.9. The lowest BCUT2D eigenvalue weighted by Crippen LogP contribution is -2.09. The summed E-state index contributed by atoms with van der Waals surface area (Å²) in [5.74, 6) is 0.260. The van der Waals surface area contributed by atoms with Crippen molar-refractivity contribution < 1.29 is 12.6 Å². The molecule has 0 aliphatic heterocycles. The molecule has 0 fully saturated rings. The van der Waals surface area contributed by atoms with E-state index in [1.54, 1.807) is 30.3 Å². The molecule has 2 rings (SSSR count). The van der Waals surface area contributed by atoms with Crippen molar-refractivity contribution in [1.82, 2.24) is 0 Å². The van der Waals surface area contributed by atoms with Crippen molar-refractivity contribution >= 4 is 42.0 Å². The minimum Gasteiger partial charge on any atom is -0.379 e. The maximum atomic E-state index is 12.1. The highest BCUT2D eigenvalue weighted by atomic mass is 79.9. The third kappa shape index (κ3) is 3.58. The molecular weight excluding hydrogens is 396 g/mol. The lowest BCUT2D eigenvalue weighted by atomic mass is 10.2. The van der Waals surface area contributed by atoms with E-state index in [0.29, 0.717) is 0 Å². The second-order valence-corrected chi connectivity index (χ2v) is 7.18. The van der Waals surface area contributed by atoms with Gasteiger partial charge in [0, 0.05) is 8.95 Å². The van der Waals surface area contributed by atoms with E-state index in [2.05, 4.69) is 31.9 Å². The normalized spacial score (nSPS) is 11.3. The second kappa shape index (κ2) is 5.64. The first-order valence-electron chi connectivity index (χ1n) is 5.35. The van der Waals surface area contributed by atoms with Gasteiger partial charge in [-0.2, -0.15) is 8.42 Å². The van der Waals surface area contributed by atoms with Gasteiger partial charge < -0.3 is 4.18 Å². The quantitative estimate of drug-likeness (QED) is 0.715. The van der Waals surface area contributed by atoms with Crippen LogP contribution in [0.15, 0.2) is 56.3 Å². The molecule has 0 aliphatic carbocycles. The van der Waals surface area contributed by atoms with Crippen LogP contribution in [0.2, 0.25) is 0 Å². The molecule has 2 aromatic rings. The van der Waals surface area contributed by atoms with Gasteiger partial charge in [-0.3, -0.25) is 0 Å². The summed E-state index contributed by atoms with van der Waals surface area (Å²) in [6, 6.07) is 11.4. The van der Waals surface area contributed by atoms with Gasteiger partial charge in [-0.1, -0.05) is 17.7 Å². The Balaban J connectivity index is 2.30. The Morgan fingerprint density at radius 1 is 0.947 bits per heavy atom. The molecule has 0 aromatic heterocycles. The van der Waals surface area contributed by atoms with Gasteiger partial charge in [-0.15, -0.1) is 0 Å². The second-order valence-electron chi connectivity index (χ2n) is 3.93. The fourth-order valence-electron chi connectivity index (χ4n) is 1.41. The summed E-state index contributed by atoms with van der Waals surface area (Å²) in [6.45, 7) is 1.89. The van der Waals surface area contributed by atoms with Crippen LogP contribution in [0.25, 0.3) is 0 Å². The van der Waals surface area contributed by atoms with Crippen molar-refractivity contribution in [3.8, 4) is 5.75 Å². The summed E-state index contributed by atoms with van der Waals surface area (Å²) in [5, 5.41) is 0. The van der Waals surface area contributed by atoms with Crippen LogP contribution in [0.4, 0.5) is 0 Å². The molecule has 0 heterocycles. The summed E-state index contributed by atoms with van der Waals surface area (Å²) in [4.78, 5) is 0.136. The van der Waals surface area contributed by atoms with Gasteiger partial charge in [0.05, 0.1) is 0 Å². The molecule has 2 aromatic carbocycles. The molecule has 0 saturated heterocycles. The van der Waals surface area contributed by atoms with Crippen molar-refractivity contribution in [2.45, 2.75) is 11.8 Å². The zero-order chi connectivity index (χ0) is 14.0. The molecule has 0 N–H and O–H groups in total. The standard InChI is InChI=1S/C13H10Br2O3S/c1-9-2-5-11(6-3-9)19(16,17)18-10-4-7-12(14)13(15)8-10/h2-8H,1H3. The first kappa shape index (κ1) is 14.6. The van der Waals surface area contributed by atoms with Crippen molar-refractivity contribution in [3.05, 3.63) is 57.0 Å². The molecule has 19 heavy (non-hydrogen) atoms. The Morgan fingerprint density at radius 3 is 2.16 bits per heavy atom. The molecule has 0 radical (unpaired) electrons. The first-order valence-corrected chi connectivity index (χ1v) is 8.34. The minimum absolute atomic E-state index is 0.136. The largest absolute Gasteiger partial charge is 0.379 e. The van der Waals surface area contributed by atoms with E-state index in [1.807, 2.05) is 6.92 Å². The van der Waals surface area contributed by atoms with Crippen LogP contribution in [0.5, 0.6) is 5.75 Å². The average Bonchev–Trinajstić information content (AvgIpc) is 2.34. The van der Waals surface area contributed by atoms with Crippen LogP contribution in [0.3, 0.4) is 0 Å². The number of hydrogen-bond acceptors (Lipinski definition) is 3. The maximum absolute atomic E-state index is 12.1. The van der Waals surface area contributed by atoms with E-state index in [1.165, 1.54) is 12.1 Å². The summed E-state index contributed by atoms with van der Waals surface area (Å²) in [7, 11) is -3.80. The fraction of sp³-hybridized carbons (Fsp3) is 0.0769. The molecule has 0 aliphatic rings. The summed E-state index contributed by atoms with van der Waals surface area (Å²) in [5.41, 5.74) is 0.991. The molecule has 0 amide bonds. The maximum Gasteiger partial charge on any atom is 0.339 e. The van der Waals surface area contributed by atoms with Crippen molar-refractivity contribution in [2.24, 2.45) is 0 Å². The van der Waals surface area contributed by atoms with Gasteiger partial charge in [0.25, 0.3) is 0 Å². The van der Waals surface area contributed by atoms with Crippen LogP contribution >= 0.6 is 31.9 Å². The van der Waals surface area contributed by atoms with E-state index in [9.17, 15) is 8.42 Å². The van der Waals surface area contributed by atoms with Crippen LogP contribution in [-0.4, -0.2) is 8.42 Å². The highest BCUT2D eigenvalue weighted by Crippen LogP contribution is 2.28. The van der Waals surface area contributed by atoms with Gasteiger partial charge in [-0.05, 0) is 69.1 Å². The summed E-state index contributed by atoms with van der Waals surface area (Å²) in [6.07, 6.45) is 0. The van der Waals surface area contributed by atoms with E-state index in [0.717, 1.165) is 14.5 Å². The minimum atomic E-state index is -3.80. The Bertz CT molecular complexity index is 694. The number of aryl methyl sites for hydroxylation is 1. The van der Waals surface area contributed by atoms with Crippen LogP contribution in [0.1, 0.15) is 5.56 Å². The Labute approximate surface area is 129 Å². The molecule has 3 nitrogen and oxygen atoms in total. The smallest absolute Gasteiger partial charge is 0.339 e. The molecular formula is C13H10Br2O3S. The number of hydrogen-bond donors (Lipinski definition) is 0. The SMILES string of the molecule is Cc1ccc(S(=O)(=O)Oc2ccc(Br)c(Br)c2)cc1. The lowest BCUT2D eigenvalue weighted by molar-refractivity contribution is 0.486. The third-order valence-corrected chi connectivity index (χ3v) is 5.55. The fourth-order valence-corrected chi connectivity index (χ4v) is 2.94. The zero-order valence-electron chi connectivity index (χ0n) is 9.93. The molecule has 0 spiro atoms. The van der Waals surface area contributed by atoms with Crippen LogP contribution < -0.4 is 4.18 Å². The van der Waals surface area contributed by atoms with Crippen molar-refractivity contribution in [3.63, 3.8) is 0 Å². The van der Waals surface area contributed by atoms with E-state index in [-0.39, 0.29) is 10.6 Å². The van der Waals surface area contributed by atoms with E-state index < -0.39 is 10.1 Å². The number of rotatable bonds is 3. The van der Waals surface area contributed by atoms with Crippen molar-refractivity contribution in [2.75, 3.05) is 0 Å². The molecule has 0 bridgehead atoms. The lowest BCUT2D eigenvalue weighted by Gasteiger charge is -2.08. The van der Waals surface area contributed by atoms with E-state index in [4.69, 9.17) is 4.18 Å². The van der Waals surface area contributed by atoms with Crippen LogP contribution in [0, 0.1) is 6.92 Å². The molecule has 6 heteroatoms. The monoisotopic (exact) mass is 404 g/mol. The van der Waals surface area contributed by atoms with Gasteiger partial charge in [0.2, 0.25) is 0 Å². The summed E-state index contributed by atoms with van der Waals surface area (Å²) >= 11 is 6.61. The summed E-state index contributed by atoms with van der Waals surface area (Å²) < 4.78 is 30.8. The van der Waals surface area contributed by atoms with Gasteiger partial charge in [-0.25, -0.2) is 0 Å². The predicted octanol–water partition coefficient (Wildman–Crippen LogP) is 4.29. The molecule has 0 saturated carbocycles. The van der Waals surface area contributed by atoms with Crippen LogP contribution in [-0.2, 0) is 10.1 Å². The Morgan fingerprint density at radius 2 is 1.58 bits per heavy atom. The number of halogens is 2. The Hall–Kier alpha value is -0.850. The highest BCUT2D eigenvalue weighted by molar-refractivity contribution is 9.13. The molecule has 0 atom stereocenters. The topological polar surface area (TPSA) is 43.4 Å². The third-order valence-electron chi connectivity index (χ3n) is 2.41. The van der Waals surface area contributed by atoms with E-state index >= 15 is 0 Å². The van der Waals surface area contributed by atoms with Gasteiger partial charge >= 0.3 is 10.1 Å². The molecule has 100 valence electrons. The average molecular weight is 406 g/mol. The first-order chi connectivity index (χ1) is 8.88. The molecule has 0 unspecified atom stereocenters.